The van der Waals surface area contributed by atoms with E-state index in [0.717, 1.165) is 50.5 Å². The van der Waals surface area contributed by atoms with E-state index in [2.05, 4.69) is 37.2 Å². The maximum absolute atomic E-state index is 12.9. The monoisotopic (exact) mass is 330 g/mol. The molecule has 1 aromatic carbocycles. The highest BCUT2D eigenvalue weighted by atomic mass is 19.1. The molecule has 2 heterocycles. The lowest BCUT2D eigenvalue weighted by molar-refractivity contribution is 0.270. The van der Waals surface area contributed by atoms with Gasteiger partial charge in [0.25, 0.3) is 0 Å². The summed E-state index contributed by atoms with van der Waals surface area (Å²) in [5, 5.41) is 11.3. The first-order valence-electron chi connectivity index (χ1n) is 8.40. The SMILES string of the molecule is CCN1CCN(c2cnnc(NCCc3ccc(F)cc3)n2)CC1. The number of halogens is 1. The fourth-order valence-electron chi connectivity index (χ4n) is 2.79. The molecule has 0 radical (unpaired) electrons. The smallest absolute Gasteiger partial charge is 0.244 e. The van der Waals surface area contributed by atoms with Crippen LogP contribution in [0.5, 0.6) is 0 Å². The number of rotatable bonds is 6. The van der Waals surface area contributed by atoms with Gasteiger partial charge < -0.3 is 15.1 Å². The van der Waals surface area contributed by atoms with Crippen molar-refractivity contribution in [1.29, 1.82) is 0 Å². The Balaban J connectivity index is 1.52. The van der Waals surface area contributed by atoms with Crippen LogP contribution < -0.4 is 10.2 Å². The zero-order valence-electron chi connectivity index (χ0n) is 14.0. The van der Waals surface area contributed by atoms with Gasteiger partial charge >= 0.3 is 0 Å². The molecule has 0 spiro atoms. The molecule has 128 valence electrons. The Morgan fingerprint density at radius 3 is 2.58 bits per heavy atom. The normalized spacial score (nSPS) is 15.5. The van der Waals surface area contributed by atoms with Crippen LogP contribution in [0.2, 0.25) is 0 Å². The van der Waals surface area contributed by atoms with Crippen molar-refractivity contribution in [3.63, 3.8) is 0 Å². The zero-order chi connectivity index (χ0) is 16.8. The van der Waals surface area contributed by atoms with E-state index in [4.69, 9.17) is 0 Å². The predicted octanol–water partition coefficient (Wildman–Crippen LogP) is 1.81. The Morgan fingerprint density at radius 2 is 1.88 bits per heavy atom. The van der Waals surface area contributed by atoms with E-state index in [1.54, 1.807) is 18.3 Å². The lowest BCUT2D eigenvalue weighted by Gasteiger charge is -2.34. The highest BCUT2D eigenvalue weighted by Crippen LogP contribution is 2.13. The molecule has 0 unspecified atom stereocenters. The maximum Gasteiger partial charge on any atom is 0.244 e. The summed E-state index contributed by atoms with van der Waals surface area (Å²) in [7, 11) is 0. The van der Waals surface area contributed by atoms with Crippen LogP contribution in [0, 0.1) is 5.82 Å². The van der Waals surface area contributed by atoms with Gasteiger partial charge in [0.2, 0.25) is 5.95 Å². The summed E-state index contributed by atoms with van der Waals surface area (Å²) in [6.45, 7) is 7.97. The quantitative estimate of drug-likeness (QED) is 0.872. The number of hydrogen-bond acceptors (Lipinski definition) is 6. The van der Waals surface area contributed by atoms with E-state index >= 15 is 0 Å². The van der Waals surface area contributed by atoms with Crippen LogP contribution in [-0.2, 0) is 6.42 Å². The molecule has 0 bridgehead atoms. The third-order valence-corrected chi connectivity index (χ3v) is 4.30. The summed E-state index contributed by atoms with van der Waals surface area (Å²) < 4.78 is 12.9. The minimum atomic E-state index is -0.213. The van der Waals surface area contributed by atoms with E-state index in [-0.39, 0.29) is 5.82 Å². The lowest BCUT2D eigenvalue weighted by Crippen LogP contribution is -2.46. The van der Waals surface area contributed by atoms with Gasteiger partial charge in [-0.25, -0.2) is 4.39 Å². The summed E-state index contributed by atoms with van der Waals surface area (Å²) in [5.41, 5.74) is 1.07. The first-order chi connectivity index (χ1) is 11.7. The summed E-state index contributed by atoms with van der Waals surface area (Å²) in [6.07, 6.45) is 2.50. The third-order valence-electron chi connectivity index (χ3n) is 4.30. The Labute approximate surface area is 141 Å². The number of nitrogens with zero attached hydrogens (tertiary/aromatic N) is 5. The molecule has 1 aliphatic heterocycles. The molecule has 1 aromatic heterocycles. The van der Waals surface area contributed by atoms with Crippen molar-refractivity contribution in [1.82, 2.24) is 20.1 Å². The van der Waals surface area contributed by atoms with Crippen LogP contribution in [0.4, 0.5) is 16.2 Å². The second-order valence-electron chi connectivity index (χ2n) is 5.86. The van der Waals surface area contributed by atoms with Gasteiger partial charge in [0.1, 0.15) is 5.82 Å². The zero-order valence-corrected chi connectivity index (χ0v) is 14.0. The fourth-order valence-corrected chi connectivity index (χ4v) is 2.79. The standard InChI is InChI=1S/C17H23FN6/c1-2-23-9-11-24(12-10-23)16-13-20-22-17(21-16)19-8-7-14-3-5-15(18)6-4-14/h3-6,13H,2,7-12H2,1H3,(H,19,21,22). The maximum atomic E-state index is 12.9. The van der Waals surface area contributed by atoms with Gasteiger partial charge in [0.15, 0.2) is 5.82 Å². The average Bonchev–Trinajstić information content (AvgIpc) is 2.64. The van der Waals surface area contributed by atoms with Gasteiger partial charge in [-0.3, -0.25) is 0 Å². The average molecular weight is 330 g/mol. The van der Waals surface area contributed by atoms with Crippen LogP contribution >= 0.6 is 0 Å². The molecule has 6 nitrogen and oxygen atoms in total. The number of likely N-dealkylation sites (N-methyl/N-ethyl adjacent to an activating group) is 1. The molecule has 2 aromatic rings. The van der Waals surface area contributed by atoms with Gasteiger partial charge in [0.05, 0.1) is 6.20 Å². The Morgan fingerprint density at radius 1 is 1.12 bits per heavy atom. The van der Waals surface area contributed by atoms with Crippen LogP contribution in [0.15, 0.2) is 30.5 Å². The number of hydrogen-bond donors (Lipinski definition) is 1. The van der Waals surface area contributed by atoms with E-state index in [9.17, 15) is 4.39 Å². The molecular formula is C17H23FN6. The van der Waals surface area contributed by atoms with Gasteiger partial charge in [-0.2, -0.15) is 10.1 Å². The molecule has 0 aliphatic carbocycles. The lowest BCUT2D eigenvalue weighted by atomic mass is 10.1. The molecule has 1 N–H and O–H groups in total. The van der Waals surface area contributed by atoms with Gasteiger partial charge in [-0.1, -0.05) is 19.1 Å². The number of benzene rings is 1. The molecule has 1 fully saturated rings. The second kappa shape index (κ2) is 8.01. The minimum absolute atomic E-state index is 0.213. The van der Waals surface area contributed by atoms with Crippen molar-refractivity contribution in [2.45, 2.75) is 13.3 Å². The van der Waals surface area contributed by atoms with Crippen LogP contribution in [0.1, 0.15) is 12.5 Å². The fraction of sp³-hybridized carbons (Fsp3) is 0.471. The first-order valence-corrected chi connectivity index (χ1v) is 8.40. The van der Waals surface area contributed by atoms with Crippen molar-refractivity contribution in [2.24, 2.45) is 0 Å². The topological polar surface area (TPSA) is 57.2 Å². The van der Waals surface area contributed by atoms with Crippen molar-refractivity contribution in [2.75, 3.05) is 49.5 Å². The predicted molar refractivity (Wildman–Crippen MR) is 92.7 cm³/mol. The highest BCUT2D eigenvalue weighted by molar-refractivity contribution is 5.40. The highest BCUT2D eigenvalue weighted by Gasteiger charge is 2.17. The number of anilines is 2. The number of aromatic nitrogens is 3. The van der Waals surface area contributed by atoms with Crippen LogP contribution in [0.25, 0.3) is 0 Å². The molecule has 1 saturated heterocycles. The van der Waals surface area contributed by atoms with Gasteiger partial charge in [-0.05, 0) is 30.7 Å². The van der Waals surface area contributed by atoms with Crippen molar-refractivity contribution >= 4 is 11.8 Å². The summed E-state index contributed by atoms with van der Waals surface area (Å²) >= 11 is 0. The van der Waals surface area contributed by atoms with E-state index in [1.165, 1.54) is 12.1 Å². The van der Waals surface area contributed by atoms with Crippen molar-refractivity contribution in [3.05, 3.63) is 41.8 Å². The molecule has 0 atom stereocenters. The molecule has 0 amide bonds. The molecule has 24 heavy (non-hydrogen) atoms. The van der Waals surface area contributed by atoms with Gasteiger partial charge in [0, 0.05) is 32.7 Å². The van der Waals surface area contributed by atoms with Gasteiger partial charge in [-0.15, -0.1) is 5.10 Å². The van der Waals surface area contributed by atoms with Crippen LogP contribution in [-0.4, -0.2) is 59.3 Å². The molecule has 7 heteroatoms. The van der Waals surface area contributed by atoms with Crippen molar-refractivity contribution < 1.29 is 4.39 Å². The van der Waals surface area contributed by atoms with E-state index in [1.807, 2.05) is 0 Å². The summed E-state index contributed by atoms with van der Waals surface area (Å²) in [4.78, 5) is 9.22. The molecule has 1 aliphatic rings. The largest absolute Gasteiger partial charge is 0.353 e. The summed E-state index contributed by atoms with van der Waals surface area (Å²) in [5.74, 6) is 1.19. The minimum Gasteiger partial charge on any atom is -0.353 e. The number of nitrogens with one attached hydrogen (secondary N) is 1. The molecule has 0 saturated carbocycles. The Kier molecular flexibility index (Phi) is 5.53. The molecule has 3 rings (SSSR count). The van der Waals surface area contributed by atoms with Crippen LogP contribution in [0.3, 0.4) is 0 Å². The Hall–Kier alpha value is -2.28. The van der Waals surface area contributed by atoms with Crippen molar-refractivity contribution in [3.8, 4) is 0 Å². The molecular weight excluding hydrogens is 307 g/mol. The third kappa shape index (κ3) is 4.38. The second-order valence-corrected chi connectivity index (χ2v) is 5.86. The van der Waals surface area contributed by atoms with E-state index < -0.39 is 0 Å². The summed E-state index contributed by atoms with van der Waals surface area (Å²) in [6, 6.07) is 6.54. The Bertz CT molecular complexity index is 640. The number of piperazine rings is 1. The van der Waals surface area contributed by atoms with E-state index in [0.29, 0.717) is 12.5 Å². The first kappa shape index (κ1) is 16.6.